The van der Waals surface area contributed by atoms with Gasteiger partial charge in [0.15, 0.2) is 0 Å². The number of hydrogen-bond donors (Lipinski definition) is 2. The summed E-state index contributed by atoms with van der Waals surface area (Å²) < 4.78 is 0. The number of hydrogen-bond acceptors (Lipinski definition) is 4. The van der Waals surface area contributed by atoms with E-state index in [0.29, 0.717) is 19.3 Å². The van der Waals surface area contributed by atoms with Crippen LogP contribution in [0, 0.1) is 0 Å². The lowest BCUT2D eigenvalue weighted by Crippen LogP contribution is -2.20. The maximum Gasteiger partial charge on any atom is 0.240 e. The van der Waals surface area contributed by atoms with Crippen LogP contribution < -0.4 is 10.9 Å². The number of rotatable bonds is 16. The molecule has 0 radical (unpaired) electrons. The fourth-order valence-electron chi connectivity index (χ4n) is 2.21. The highest BCUT2D eigenvalue weighted by Crippen LogP contribution is 2.01. The van der Waals surface area contributed by atoms with Crippen molar-refractivity contribution in [2.24, 2.45) is 10.2 Å². The number of unbranched alkanes of at least 4 members (excludes halogenated alkanes) is 8. The standard InChI is InChI=1S/C19H36N4O2/c1-3-5-7-9-11-16-20-22-18(24)14-13-15-19(25)23-21-17-12-10-8-6-4-2/h16-17H,3-15H2,1-2H3,(H,22,24)(H,23,25). The van der Waals surface area contributed by atoms with Crippen molar-refractivity contribution in [3.63, 3.8) is 0 Å². The second-order valence-electron chi connectivity index (χ2n) is 6.25. The highest BCUT2D eigenvalue weighted by Gasteiger charge is 2.03. The third-order valence-electron chi connectivity index (χ3n) is 3.74. The van der Waals surface area contributed by atoms with Gasteiger partial charge in [0.25, 0.3) is 0 Å². The SMILES string of the molecule is CCCCCCC=NNC(=O)CCCC(=O)NN=CCCCCCC. The van der Waals surface area contributed by atoms with Crippen LogP contribution in [0.4, 0.5) is 0 Å². The van der Waals surface area contributed by atoms with E-state index in [9.17, 15) is 9.59 Å². The van der Waals surface area contributed by atoms with Crippen molar-refractivity contribution in [3.8, 4) is 0 Å². The highest BCUT2D eigenvalue weighted by atomic mass is 16.2. The van der Waals surface area contributed by atoms with E-state index in [4.69, 9.17) is 0 Å². The summed E-state index contributed by atoms with van der Waals surface area (Å²) in [7, 11) is 0. The quantitative estimate of drug-likeness (QED) is 0.247. The lowest BCUT2D eigenvalue weighted by atomic mass is 10.2. The summed E-state index contributed by atoms with van der Waals surface area (Å²) in [6, 6.07) is 0. The Kier molecular flexibility index (Phi) is 17.3. The molecule has 0 aromatic rings. The van der Waals surface area contributed by atoms with Gasteiger partial charge in [0.1, 0.15) is 0 Å². The van der Waals surface area contributed by atoms with Crippen molar-refractivity contribution in [2.75, 3.05) is 0 Å². The molecule has 0 saturated carbocycles. The molecular weight excluding hydrogens is 316 g/mol. The summed E-state index contributed by atoms with van der Waals surface area (Å²) in [5.74, 6) is -0.311. The topological polar surface area (TPSA) is 82.9 Å². The highest BCUT2D eigenvalue weighted by molar-refractivity contribution is 5.79. The van der Waals surface area contributed by atoms with Gasteiger partial charge in [-0.25, -0.2) is 10.9 Å². The summed E-state index contributed by atoms with van der Waals surface area (Å²) in [6.07, 6.45) is 15.9. The first-order chi connectivity index (χ1) is 12.2. The van der Waals surface area contributed by atoms with E-state index in [0.717, 1.165) is 25.7 Å². The van der Waals surface area contributed by atoms with Crippen LogP contribution in [-0.4, -0.2) is 24.2 Å². The summed E-state index contributed by atoms with van der Waals surface area (Å²) in [5, 5.41) is 7.82. The molecule has 6 nitrogen and oxygen atoms in total. The summed E-state index contributed by atoms with van der Waals surface area (Å²) in [6.45, 7) is 4.35. The van der Waals surface area contributed by atoms with Gasteiger partial charge in [-0.05, 0) is 32.1 Å². The predicted molar refractivity (Wildman–Crippen MR) is 105 cm³/mol. The average molecular weight is 353 g/mol. The minimum absolute atomic E-state index is 0.156. The molecule has 0 saturated heterocycles. The molecule has 25 heavy (non-hydrogen) atoms. The van der Waals surface area contributed by atoms with Gasteiger partial charge in [-0.3, -0.25) is 9.59 Å². The predicted octanol–water partition coefficient (Wildman–Crippen LogP) is 4.30. The van der Waals surface area contributed by atoms with Crippen molar-refractivity contribution in [2.45, 2.75) is 97.3 Å². The van der Waals surface area contributed by atoms with Gasteiger partial charge in [0.05, 0.1) is 0 Å². The van der Waals surface area contributed by atoms with Gasteiger partial charge in [0, 0.05) is 25.3 Å². The second kappa shape index (κ2) is 18.6. The fourth-order valence-corrected chi connectivity index (χ4v) is 2.21. The first kappa shape index (κ1) is 23.3. The van der Waals surface area contributed by atoms with Gasteiger partial charge in [-0.15, -0.1) is 0 Å². The Morgan fingerprint density at radius 3 is 1.52 bits per heavy atom. The van der Waals surface area contributed by atoms with Crippen LogP contribution in [0.2, 0.25) is 0 Å². The largest absolute Gasteiger partial charge is 0.273 e. The molecule has 2 N–H and O–H groups in total. The molecule has 0 spiro atoms. The monoisotopic (exact) mass is 352 g/mol. The van der Waals surface area contributed by atoms with E-state index in [1.807, 2.05) is 0 Å². The van der Waals surface area contributed by atoms with Gasteiger partial charge in [0.2, 0.25) is 11.8 Å². The van der Waals surface area contributed by atoms with Gasteiger partial charge < -0.3 is 0 Å². The van der Waals surface area contributed by atoms with E-state index < -0.39 is 0 Å². The van der Waals surface area contributed by atoms with Crippen LogP contribution in [-0.2, 0) is 9.59 Å². The van der Waals surface area contributed by atoms with E-state index in [2.05, 4.69) is 34.9 Å². The van der Waals surface area contributed by atoms with E-state index >= 15 is 0 Å². The maximum atomic E-state index is 11.6. The summed E-state index contributed by atoms with van der Waals surface area (Å²) >= 11 is 0. The minimum atomic E-state index is -0.156. The zero-order valence-electron chi connectivity index (χ0n) is 16.1. The Hall–Kier alpha value is -1.72. The first-order valence-electron chi connectivity index (χ1n) is 9.81. The summed E-state index contributed by atoms with van der Waals surface area (Å²) in [4.78, 5) is 23.1. The van der Waals surface area contributed by atoms with Crippen molar-refractivity contribution in [1.82, 2.24) is 10.9 Å². The van der Waals surface area contributed by atoms with Crippen molar-refractivity contribution >= 4 is 24.2 Å². The molecule has 0 heterocycles. The smallest absolute Gasteiger partial charge is 0.240 e. The summed E-state index contributed by atoms with van der Waals surface area (Å²) in [5.41, 5.74) is 4.99. The number of carbonyl (C=O) groups is 2. The molecule has 6 heteroatoms. The van der Waals surface area contributed by atoms with Crippen LogP contribution >= 0.6 is 0 Å². The fraction of sp³-hybridized carbons (Fsp3) is 0.789. The third-order valence-corrected chi connectivity index (χ3v) is 3.74. The van der Waals surface area contributed by atoms with Crippen LogP contribution in [0.1, 0.15) is 97.3 Å². The molecule has 0 aromatic heterocycles. The Balaban J connectivity index is 3.52. The Labute approximate surface area is 152 Å². The van der Waals surface area contributed by atoms with Crippen molar-refractivity contribution in [3.05, 3.63) is 0 Å². The molecule has 144 valence electrons. The number of hydrazone groups is 2. The zero-order chi connectivity index (χ0) is 18.6. The molecule has 0 aliphatic rings. The Bertz CT molecular complexity index is 359. The van der Waals surface area contributed by atoms with E-state index in [1.165, 1.54) is 38.5 Å². The van der Waals surface area contributed by atoms with Gasteiger partial charge in [-0.2, -0.15) is 10.2 Å². The van der Waals surface area contributed by atoms with Crippen LogP contribution in [0.25, 0.3) is 0 Å². The molecule has 0 bridgehead atoms. The number of carbonyl (C=O) groups excluding carboxylic acids is 2. The Morgan fingerprint density at radius 2 is 1.12 bits per heavy atom. The van der Waals surface area contributed by atoms with Crippen LogP contribution in [0.5, 0.6) is 0 Å². The molecule has 0 rings (SSSR count). The first-order valence-corrected chi connectivity index (χ1v) is 9.81. The molecule has 0 fully saturated rings. The molecule has 0 aromatic carbocycles. The normalized spacial score (nSPS) is 11.3. The number of nitrogens with one attached hydrogen (secondary N) is 2. The third kappa shape index (κ3) is 18.5. The van der Waals surface area contributed by atoms with Crippen LogP contribution in [0.15, 0.2) is 10.2 Å². The average Bonchev–Trinajstić information content (AvgIpc) is 2.60. The molecular formula is C19H36N4O2. The van der Waals surface area contributed by atoms with Gasteiger partial charge >= 0.3 is 0 Å². The van der Waals surface area contributed by atoms with Crippen LogP contribution in [0.3, 0.4) is 0 Å². The molecule has 0 atom stereocenters. The molecule has 0 aliphatic carbocycles. The maximum absolute atomic E-state index is 11.6. The van der Waals surface area contributed by atoms with Gasteiger partial charge in [-0.1, -0.05) is 52.4 Å². The number of amides is 2. The van der Waals surface area contributed by atoms with Crippen molar-refractivity contribution < 1.29 is 9.59 Å². The van der Waals surface area contributed by atoms with E-state index in [-0.39, 0.29) is 11.8 Å². The van der Waals surface area contributed by atoms with Crippen molar-refractivity contribution in [1.29, 1.82) is 0 Å². The Morgan fingerprint density at radius 1 is 0.680 bits per heavy atom. The lowest BCUT2D eigenvalue weighted by Gasteiger charge is -2.00. The minimum Gasteiger partial charge on any atom is -0.273 e. The number of nitrogens with zero attached hydrogens (tertiary/aromatic N) is 2. The molecule has 2 amide bonds. The second-order valence-corrected chi connectivity index (χ2v) is 6.25. The molecule has 0 unspecified atom stereocenters. The van der Waals surface area contributed by atoms with E-state index in [1.54, 1.807) is 12.4 Å². The molecule has 0 aliphatic heterocycles. The zero-order valence-corrected chi connectivity index (χ0v) is 16.1. The lowest BCUT2D eigenvalue weighted by molar-refractivity contribution is -0.122.